The number of rotatable bonds is 26. The molecule has 39 heteroatoms. The normalized spacial score (nSPS) is 19.2. The molecule has 0 aromatic heterocycles. The second-order valence-corrected chi connectivity index (χ2v) is 23.5. The van der Waals surface area contributed by atoms with Crippen LogP contribution in [0.1, 0.15) is 88.1 Å². The maximum atomic E-state index is 11.6. The van der Waals surface area contributed by atoms with Gasteiger partial charge in [-0.3, -0.25) is 0 Å². The molecule has 0 radical (unpaired) electrons. The van der Waals surface area contributed by atoms with Gasteiger partial charge in [-0.15, -0.1) is 0 Å². The molecule has 3 aromatic carbocycles. The first-order valence-electron chi connectivity index (χ1n) is 33.1. The van der Waals surface area contributed by atoms with Gasteiger partial charge < -0.3 is 109 Å². The summed E-state index contributed by atoms with van der Waals surface area (Å²) in [5.74, 6) is -4.25. The number of cyclic esters (lactones) is 14. The van der Waals surface area contributed by atoms with E-state index in [0.29, 0.717) is 32.5 Å². The number of nitriles is 2. The van der Waals surface area contributed by atoms with Crippen LogP contribution in [0.2, 0.25) is 0 Å². The maximum Gasteiger partial charge on any atom is 0.509 e. The molecule has 7 atom stereocenters. The van der Waals surface area contributed by atoms with Gasteiger partial charge in [-0.1, -0.05) is 105 Å². The minimum absolute atomic E-state index is 0.00336. The topological polar surface area (TPSA) is 499 Å². The molecule has 0 amide bonds. The number of hydrogen-bond donors (Lipinski definition) is 0. The van der Waals surface area contributed by atoms with Gasteiger partial charge in [-0.2, -0.15) is 10.5 Å². The van der Waals surface area contributed by atoms with Crippen LogP contribution >= 0.6 is 0 Å². The maximum absolute atomic E-state index is 11.6. The van der Waals surface area contributed by atoms with Gasteiger partial charge in [0.15, 0.2) is 0 Å². The summed E-state index contributed by atoms with van der Waals surface area (Å²) < 4.78 is 107. The number of carbonyl (C=O) groups excluding carboxylic acids is 14. The van der Waals surface area contributed by atoms with E-state index < -0.39 is 128 Å². The van der Waals surface area contributed by atoms with Gasteiger partial charge in [-0.25, -0.2) is 67.1 Å². The third kappa shape index (κ3) is 36.5. The van der Waals surface area contributed by atoms with Crippen molar-refractivity contribution in [3.63, 3.8) is 0 Å². The fraction of sp³-hybridized carbons (Fsp3) is 0.514. The number of carbonyl (C=O) groups is 14. The molecule has 0 saturated carbocycles. The van der Waals surface area contributed by atoms with Crippen LogP contribution in [0.15, 0.2) is 78.9 Å². The predicted octanol–water partition coefficient (Wildman–Crippen LogP) is 6.34. The van der Waals surface area contributed by atoms with E-state index in [2.05, 4.69) is 91.8 Å². The lowest BCUT2D eigenvalue weighted by atomic mass is 9.87. The lowest BCUT2D eigenvalue weighted by molar-refractivity contribution is -0.154. The van der Waals surface area contributed by atoms with E-state index in [-0.39, 0.29) is 110 Å². The molecule has 109 heavy (non-hydrogen) atoms. The zero-order valence-electron chi connectivity index (χ0n) is 60.3. The fourth-order valence-electron chi connectivity index (χ4n) is 7.91. The SMILES string of the molecule is CC(C)(C)c1ccc(COC(=O)C2COC(=O)O2)cc1.CC(C)OCCOC(=O)C1COC(=O)O1.COCCCOC(=O)C1COC(=O)O1.Cc1ccc(COC(=O)C2COC(=O)O2)cc1.N#CCCCOC(=O)C1COC(=O)O1.N#CCCOC(=O)C1COC(=O)O1.O=C1OCC(C(=O)OCc2ccccc2)O1. The fourth-order valence-corrected chi connectivity index (χ4v) is 7.91. The highest BCUT2D eigenvalue weighted by molar-refractivity contribution is 5.83. The number of esters is 7. The van der Waals surface area contributed by atoms with Crippen LogP contribution in [0.25, 0.3) is 0 Å². The largest absolute Gasteiger partial charge is 0.509 e. The first-order valence-corrected chi connectivity index (χ1v) is 33.1. The Bertz CT molecular complexity index is 3560. The lowest BCUT2D eigenvalue weighted by Crippen LogP contribution is -2.27. The molecular formula is C70H82N2O37. The second-order valence-electron chi connectivity index (χ2n) is 23.5. The zero-order valence-corrected chi connectivity index (χ0v) is 60.3. The van der Waals surface area contributed by atoms with Crippen molar-refractivity contribution in [3.8, 4) is 12.1 Å². The molecule has 594 valence electrons. The Morgan fingerprint density at radius 1 is 0.385 bits per heavy atom. The highest BCUT2D eigenvalue weighted by Crippen LogP contribution is 2.23. The minimum atomic E-state index is -0.980. The van der Waals surface area contributed by atoms with E-state index in [9.17, 15) is 67.1 Å². The van der Waals surface area contributed by atoms with E-state index in [1.165, 1.54) is 5.56 Å². The number of unbranched alkanes of at least 4 members (excludes halogenated alkanes) is 1. The first-order chi connectivity index (χ1) is 52.1. The van der Waals surface area contributed by atoms with Crippen molar-refractivity contribution >= 4 is 84.9 Å². The van der Waals surface area contributed by atoms with Crippen molar-refractivity contribution in [1.82, 2.24) is 0 Å². The smallest absolute Gasteiger partial charge is 0.463 e. The Morgan fingerprint density at radius 2 is 0.679 bits per heavy atom. The molecule has 0 bridgehead atoms. The molecule has 3 aromatic rings. The highest BCUT2D eigenvalue weighted by atomic mass is 16.8. The summed E-state index contributed by atoms with van der Waals surface area (Å²) in [7, 11) is 1.56. The molecule has 7 heterocycles. The summed E-state index contributed by atoms with van der Waals surface area (Å²) >= 11 is 0. The van der Waals surface area contributed by atoms with Gasteiger partial charge in [0.25, 0.3) is 0 Å². The number of methoxy groups -OCH3 is 1. The first kappa shape index (κ1) is 89.1. The standard InChI is InChI=1S/C15H18O5.C12H12O5.C11H10O5.C9H14O6.C8H9NO5.C8H12O6.C7H7NO5/c1-15(2,3)11-6-4-10(5-7-11)8-18-13(16)12-9-19-14(17)20-12;1-8-2-4-9(5-3-8)6-15-11(13)10-7-16-12(14)17-10;12-10(9-7-15-11(13)16-9)14-6-8-4-2-1-3-5-8;1-6(2)12-3-4-13-8(10)7-5-14-9(11)15-7;9-3-1-2-4-12-7(10)6-5-13-8(11)14-6;1-11-3-2-4-12-7(9)6-5-13-8(10)14-6;8-2-1-3-11-6(9)5-4-12-7(10)13-5/h4-7,12H,8-9H2,1-3H3;2-5,10H,6-7H2,1H3;1-5,9H,6-7H2;6-7H,3-5H2,1-2H3;6H,1-2,4-5H2;6H,2-5H2,1H3;5H,1,3-4H2. The Morgan fingerprint density at radius 3 is 0.972 bits per heavy atom. The summed E-state index contributed by atoms with van der Waals surface area (Å²) in [6.45, 7) is 13.4. The van der Waals surface area contributed by atoms with Gasteiger partial charge in [0.1, 0.15) is 79.3 Å². The highest BCUT2D eigenvalue weighted by Gasteiger charge is 2.38. The van der Waals surface area contributed by atoms with Crippen molar-refractivity contribution in [3.05, 3.63) is 107 Å². The molecular weight excluding hydrogens is 1460 g/mol. The average Bonchev–Trinajstić information content (AvgIpc) is 1.86. The lowest BCUT2D eigenvalue weighted by Gasteiger charge is -2.19. The van der Waals surface area contributed by atoms with Gasteiger partial charge in [0.2, 0.25) is 42.7 Å². The van der Waals surface area contributed by atoms with E-state index >= 15 is 0 Å². The van der Waals surface area contributed by atoms with Gasteiger partial charge in [-0.05, 0) is 54.9 Å². The Kier molecular flexibility index (Phi) is 39.9. The summed E-state index contributed by atoms with van der Waals surface area (Å²) in [5, 5.41) is 16.3. The molecule has 7 aliphatic rings. The van der Waals surface area contributed by atoms with Crippen molar-refractivity contribution in [2.24, 2.45) is 0 Å². The number of nitrogens with zero attached hydrogens (tertiary/aromatic N) is 2. The van der Waals surface area contributed by atoms with Crippen LogP contribution in [0, 0.1) is 29.6 Å². The third-order valence-corrected chi connectivity index (χ3v) is 13.6. The average molecular weight is 1540 g/mol. The van der Waals surface area contributed by atoms with Crippen LogP contribution in [-0.2, 0) is 168 Å². The minimum Gasteiger partial charge on any atom is -0.463 e. The van der Waals surface area contributed by atoms with Crippen molar-refractivity contribution in [1.29, 1.82) is 10.5 Å². The predicted molar refractivity (Wildman–Crippen MR) is 352 cm³/mol. The molecule has 7 saturated heterocycles. The van der Waals surface area contributed by atoms with Gasteiger partial charge in [0, 0.05) is 26.6 Å². The monoisotopic (exact) mass is 1540 g/mol. The van der Waals surface area contributed by atoms with Crippen molar-refractivity contribution in [2.75, 3.05) is 93.0 Å². The second kappa shape index (κ2) is 48.8. The van der Waals surface area contributed by atoms with Crippen LogP contribution in [0.4, 0.5) is 33.6 Å². The number of hydrogen-bond acceptors (Lipinski definition) is 39. The molecule has 10 rings (SSSR count). The molecule has 0 spiro atoms. The van der Waals surface area contributed by atoms with E-state index in [4.69, 9.17) is 48.4 Å². The molecule has 7 fully saturated rings. The summed E-state index contributed by atoms with van der Waals surface area (Å²) in [6, 6.07) is 28.5. The van der Waals surface area contributed by atoms with E-state index in [1.807, 2.05) is 106 Å². The third-order valence-electron chi connectivity index (χ3n) is 13.6. The quantitative estimate of drug-likeness (QED) is 0.0480. The Labute approximate surface area is 622 Å². The summed E-state index contributed by atoms with van der Waals surface area (Å²) in [6.07, 6.45) is -10.9. The van der Waals surface area contributed by atoms with Crippen LogP contribution in [0.5, 0.6) is 0 Å². The van der Waals surface area contributed by atoms with Crippen LogP contribution in [0.3, 0.4) is 0 Å². The zero-order chi connectivity index (χ0) is 80.1. The summed E-state index contributed by atoms with van der Waals surface area (Å²) in [5.41, 5.74) is 5.08. The molecule has 7 unspecified atom stereocenters. The number of benzene rings is 3. The Balaban J connectivity index is 0.000000270. The van der Waals surface area contributed by atoms with Crippen LogP contribution in [-0.4, -0.2) is 227 Å². The summed E-state index contributed by atoms with van der Waals surface area (Å²) in [4.78, 5) is 153. The number of ether oxygens (including phenoxy) is 23. The number of aryl methyl sites for hydroxylation is 1. The molecule has 7 aliphatic heterocycles. The van der Waals surface area contributed by atoms with E-state index in [1.54, 1.807) is 13.2 Å². The Hall–Kier alpha value is -12.3. The molecule has 0 aliphatic carbocycles. The molecule has 39 nitrogen and oxygen atoms in total. The van der Waals surface area contributed by atoms with E-state index in [0.717, 1.165) is 22.3 Å². The van der Waals surface area contributed by atoms with Gasteiger partial charge >= 0.3 is 84.9 Å². The van der Waals surface area contributed by atoms with Crippen molar-refractivity contribution < 1.29 is 176 Å². The van der Waals surface area contributed by atoms with Crippen molar-refractivity contribution in [2.45, 2.75) is 141 Å². The van der Waals surface area contributed by atoms with Crippen LogP contribution < -0.4 is 0 Å². The van der Waals surface area contributed by atoms with Gasteiger partial charge in [0.05, 0.1) is 44.5 Å². The molecule has 0 N–H and O–H groups in total.